The molecular formula is C15H34ClNO2. The van der Waals surface area contributed by atoms with E-state index in [2.05, 4.69) is 28.1 Å². The molecule has 19 heavy (non-hydrogen) atoms. The highest BCUT2D eigenvalue weighted by molar-refractivity contribution is 4.47. The molecule has 0 spiro atoms. The Morgan fingerprint density at radius 1 is 0.684 bits per heavy atom. The van der Waals surface area contributed by atoms with Crippen molar-refractivity contribution in [2.45, 2.75) is 71.1 Å². The van der Waals surface area contributed by atoms with Crippen LogP contribution in [-0.4, -0.2) is 32.2 Å². The van der Waals surface area contributed by atoms with E-state index < -0.39 is 11.3 Å². The van der Waals surface area contributed by atoms with E-state index in [1.807, 2.05) is 0 Å². The van der Waals surface area contributed by atoms with E-state index in [1.165, 1.54) is 70.8 Å². The maximum atomic E-state index is 8.24. The molecule has 118 valence electrons. The first-order chi connectivity index (χ1) is 8.97. The van der Waals surface area contributed by atoms with Gasteiger partial charge in [0, 0.05) is 0 Å². The second kappa shape index (κ2) is 16.2. The highest BCUT2D eigenvalue weighted by Crippen LogP contribution is 2.10. The van der Waals surface area contributed by atoms with Crippen LogP contribution < -0.4 is 9.32 Å². The van der Waals surface area contributed by atoms with Crippen molar-refractivity contribution in [3.63, 3.8) is 0 Å². The molecule has 0 heterocycles. The molecular weight excluding hydrogens is 262 g/mol. The third-order valence-electron chi connectivity index (χ3n) is 3.18. The lowest BCUT2D eigenvalue weighted by Gasteiger charge is -2.23. The van der Waals surface area contributed by atoms with Crippen LogP contribution >= 0.6 is 0 Å². The van der Waals surface area contributed by atoms with E-state index in [4.69, 9.17) is 9.32 Å². The molecule has 0 aromatic carbocycles. The van der Waals surface area contributed by atoms with Gasteiger partial charge >= 0.3 is 0 Å². The number of quaternary nitrogens is 1. The summed E-state index contributed by atoms with van der Waals surface area (Å²) >= 11 is -0.417. The smallest absolute Gasteiger partial charge is 0.0878 e. The molecule has 0 aliphatic rings. The van der Waals surface area contributed by atoms with Crippen LogP contribution in [0.3, 0.4) is 0 Å². The summed E-state index contributed by atoms with van der Waals surface area (Å²) in [6.45, 7) is 3.62. The van der Waals surface area contributed by atoms with Gasteiger partial charge in [-0.2, -0.15) is 0 Å². The Hall–Kier alpha value is 0.170. The fraction of sp³-hybridized carbons (Fsp3) is 1.00. The van der Waals surface area contributed by atoms with Gasteiger partial charge in [-0.3, -0.25) is 0 Å². The molecule has 0 saturated heterocycles. The fourth-order valence-corrected chi connectivity index (χ4v) is 2.07. The van der Waals surface area contributed by atoms with E-state index >= 15 is 0 Å². The second-order valence-electron chi connectivity index (χ2n) is 6.26. The SMILES string of the molecule is CCCCCCCCCCCC[N+](C)(C)C.[O-][Cl+][O-]. The molecule has 4 heteroatoms. The molecule has 0 unspecified atom stereocenters. The molecule has 0 amide bonds. The molecule has 0 radical (unpaired) electrons. The van der Waals surface area contributed by atoms with Gasteiger partial charge in [-0.25, -0.2) is 0 Å². The molecule has 0 N–H and O–H groups in total. The second-order valence-corrected chi connectivity index (χ2v) is 6.38. The van der Waals surface area contributed by atoms with Gasteiger partial charge in [0.1, 0.15) is 0 Å². The monoisotopic (exact) mass is 295 g/mol. The molecule has 3 nitrogen and oxygen atoms in total. The van der Waals surface area contributed by atoms with Crippen LogP contribution in [0.5, 0.6) is 0 Å². The minimum Gasteiger partial charge on any atom is -0.544 e. The summed E-state index contributed by atoms with van der Waals surface area (Å²) in [6.07, 6.45) is 14.4. The molecule has 0 bridgehead atoms. The van der Waals surface area contributed by atoms with Crippen molar-refractivity contribution >= 4 is 0 Å². The van der Waals surface area contributed by atoms with Crippen molar-refractivity contribution in [3.05, 3.63) is 0 Å². The van der Waals surface area contributed by atoms with Gasteiger partial charge in [0.15, 0.2) is 0 Å². The van der Waals surface area contributed by atoms with Crippen LogP contribution in [0.25, 0.3) is 0 Å². The molecule has 0 aliphatic carbocycles. The number of rotatable bonds is 11. The zero-order valence-electron chi connectivity index (χ0n) is 13.4. The Bertz CT molecular complexity index is 161. The lowest BCUT2D eigenvalue weighted by molar-refractivity contribution is -1.41. The van der Waals surface area contributed by atoms with E-state index in [1.54, 1.807) is 0 Å². The van der Waals surface area contributed by atoms with Crippen molar-refractivity contribution in [2.24, 2.45) is 0 Å². The summed E-state index contributed by atoms with van der Waals surface area (Å²) in [5, 5.41) is 0. The summed E-state index contributed by atoms with van der Waals surface area (Å²) < 4.78 is 17.6. The summed E-state index contributed by atoms with van der Waals surface area (Å²) in [5.74, 6) is 0. The average molecular weight is 296 g/mol. The van der Waals surface area contributed by atoms with Gasteiger partial charge in [-0.1, -0.05) is 58.3 Å². The minimum atomic E-state index is -0.417. The van der Waals surface area contributed by atoms with Gasteiger partial charge in [0.05, 0.1) is 39.0 Å². The lowest BCUT2D eigenvalue weighted by Crippen LogP contribution is -2.35. The highest BCUT2D eigenvalue weighted by atomic mass is 35.6. The first-order valence-electron chi connectivity index (χ1n) is 7.67. The molecule has 0 aromatic heterocycles. The fourth-order valence-electron chi connectivity index (χ4n) is 2.07. The van der Waals surface area contributed by atoms with Gasteiger partial charge in [0.2, 0.25) is 0 Å². The summed E-state index contributed by atoms with van der Waals surface area (Å²) in [6, 6.07) is 0. The zero-order chi connectivity index (χ0) is 15.0. The van der Waals surface area contributed by atoms with Crippen molar-refractivity contribution in [2.75, 3.05) is 27.7 Å². The standard InChI is InChI=1S/C15H34N.ClO2/c1-5-6-7-8-9-10-11-12-13-14-15-16(2,3)4;2-1-3/h5-15H2,1-4H3;/q+1;-1. The molecule has 0 saturated carbocycles. The summed E-state index contributed by atoms with van der Waals surface area (Å²) in [5.41, 5.74) is 0. The van der Waals surface area contributed by atoms with E-state index in [0.29, 0.717) is 0 Å². The minimum absolute atomic E-state index is 0.417. The Kier molecular flexibility index (Phi) is 18.3. The largest absolute Gasteiger partial charge is 0.544 e. The van der Waals surface area contributed by atoms with Crippen LogP contribution in [0.1, 0.15) is 71.1 Å². The van der Waals surface area contributed by atoms with Crippen LogP contribution in [0.4, 0.5) is 0 Å². The number of unbranched alkanes of at least 4 members (excludes halogenated alkanes) is 9. The maximum Gasteiger partial charge on any atom is 0.0878 e. The van der Waals surface area contributed by atoms with Crippen LogP contribution in [0, 0.1) is 11.3 Å². The lowest BCUT2D eigenvalue weighted by atomic mass is 10.1. The Morgan fingerprint density at radius 3 is 1.32 bits per heavy atom. The number of hydrogen-bond acceptors (Lipinski definition) is 2. The maximum absolute atomic E-state index is 8.24. The van der Waals surface area contributed by atoms with Gasteiger partial charge < -0.3 is 13.8 Å². The Labute approximate surface area is 124 Å². The predicted octanol–water partition coefficient (Wildman–Crippen LogP) is 2.24. The van der Waals surface area contributed by atoms with Crippen molar-refractivity contribution in [1.82, 2.24) is 0 Å². The Balaban J connectivity index is 0. The van der Waals surface area contributed by atoms with Gasteiger partial charge in [-0.15, -0.1) is 0 Å². The molecule has 0 atom stereocenters. The van der Waals surface area contributed by atoms with Gasteiger partial charge in [0.25, 0.3) is 0 Å². The summed E-state index contributed by atoms with van der Waals surface area (Å²) in [4.78, 5) is 0. The molecule has 0 fully saturated rings. The van der Waals surface area contributed by atoms with Crippen molar-refractivity contribution < 1.29 is 25.1 Å². The van der Waals surface area contributed by atoms with Crippen LogP contribution in [-0.2, 0) is 0 Å². The first kappa shape index (κ1) is 21.5. The summed E-state index contributed by atoms with van der Waals surface area (Å²) in [7, 11) is 6.86. The number of nitrogens with zero attached hydrogens (tertiary/aromatic N) is 1. The molecule has 0 rings (SSSR count). The van der Waals surface area contributed by atoms with Crippen molar-refractivity contribution in [3.8, 4) is 0 Å². The molecule has 0 aliphatic heterocycles. The molecule has 0 aromatic rings. The van der Waals surface area contributed by atoms with Crippen LogP contribution in [0.15, 0.2) is 0 Å². The van der Waals surface area contributed by atoms with Crippen molar-refractivity contribution in [1.29, 1.82) is 0 Å². The third-order valence-corrected chi connectivity index (χ3v) is 3.18. The predicted molar refractivity (Wildman–Crippen MR) is 74.7 cm³/mol. The average Bonchev–Trinajstić information content (AvgIpc) is 2.31. The van der Waals surface area contributed by atoms with Crippen LogP contribution in [0.2, 0.25) is 0 Å². The quantitative estimate of drug-likeness (QED) is 0.433. The Morgan fingerprint density at radius 2 is 1.00 bits per heavy atom. The normalized spacial score (nSPS) is 11.1. The van der Waals surface area contributed by atoms with E-state index in [9.17, 15) is 0 Å². The van der Waals surface area contributed by atoms with Gasteiger partial charge in [-0.05, 0) is 12.8 Å². The van der Waals surface area contributed by atoms with E-state index in [0.717, 1.165) is 4.48 Å². The number of hydrogen-bond donors (Lipinski definition) is 0. The third kappa shape index (κ3) is 27.4. The number of halogens is 1. The zero-order valence-corrected chi connectivity index (χ0v) is 14.2. The van der Waals surface area contributed by atoms with E-state index in [-0.39, 0.29) is 0 Å². The first-order valence-corrected chi connectivity index (χ1v) is 8.29. The highest BCUT2D eigenvalue weighted by Gasteiger charge is 2.04. The topological polar surface area (TPSA) is 46.1 Å².